The highest BCUT2D eigenvalue weighted by atomic mass is 16.3. The topological polar surface area (TPSA) is 71.3 Å². The molecule has 1 aromatic carbocycles. The SMILES string of the molecule is Cc1occc1C(=O)NNC(=O)C1(c2ccccc2)CC1. The number of hydrogen-bond donors (Lipinski definition) is 2. The van der Waals surface area contributed by atoms with Gasteiger partial charge in [0.25, 0.3) is 5.91 Å². The summed E-state index contributed by atoms with van der Waals surface area (Å²) in [5, 5.41) is 0. The van der Waals surface area contributed by atoms with Crippen molar-refractivity contribution in [2.75, 3.05) is 0 Å². The zero-order valence-electron chi connectivity index (χ0n) is 11.7. The van der Waals surface area contributed by atoms with E-state index in [2.05, 4.69) is 10.9 Å². The lowest BCUT2D eigenvalue weighted by Gasteiger charge is -2.16. The molecule has 1 fully saturated rings. The van der Waals surface area contributed by atoms with E-state index in [9.17, 15) is 9.59 Å². The number of carbonyl (C=O) groups excluding carboxylic acids is 2. The Morgan fingerprint density at radius 3 is 2.38 bits per heavy atom. The number of furan rings is 1. The van der Waals surface area contributed by atoms with Crippen molar-refractivity contribution in [1.29, 1.82) is 0 Å². The Hall–Kier alpha value is -2.56. The molecule has 21 heavy (non-hydrogen) atoms. The number of amides is 2. The summed E-state index contributed by atoms with van der Waals surface area (Å²) in [4.78, 5) is 24.3. The van der Waals surface area contributed by atoms with Crippen LogP contribution >= 0.6 is 0 Å². The van der Waals surface area contributed by atoms with Crippen molar-refractivity contribution in [2.45, 2.75) is 25.2 Å². The standard InChI is InChI=1S/C16H16N2O3/c1-11-13(7-10-21-11)14(19)17-18-15(20)16(8-9-16)12-5-3-2-4-6-12/h2-7,10H,8-9H2,1H3,(H,17,19)(H,18,20). The zero-order chi connectivity index (χ0) is 14.9. The molecule has 0 bridgehead atoms. The molecule has 5 nitrogen and oxygen atoms in total. The first kappa shape index (κ1) is 13.4. The molecule has 0 saturated heterocycles. The van der Waals surface area contributed by atoms with Crippen molar-refractivity contribution >= 4 is 11.8 Å². The second kappa shape index (κ2) is 5.09. The summed E-state index contributed by atoms with van der Waals surface area (Å²) in [5.41, 5.74) is 5.86. The van der Waals surface area contributed by atoms with Crippen LogP contribution in [0.15, 0.2) is 47.1 Å². The molecule has 0 spiro atoms. The van der Waals surface area contributed by atoms with E-state index in [1.807, 2.05) is 30.3 Å². The predicted molar refractivity (Wildman–Crippen MR) is 76.4 cm³/mol. The fourth-order valence-corrected chi connectivity index (χ4v) is 2.45. The quantitative estimate of drug-likeness (QED) is 0.848. The van der Waals surface area contributed by atoms with Crippen LogP contribution in [0.1, 0.15) is 34.5 Å². The molecule has 2 aromatic rings. The number of benzene rings is 1. The minimum absolute atomic E-state index is 0.178. The number of nitrogens with one attached hydrogen (secondary N) is 2. The highest BCUT2D eigenvalue weighted by molar-refractivity contribution is 5.98. The molecule has 1 aliphatic rings. The van der Waals surface area contributed by atoms with Gasteiger partial charge in [0, 0.05) is 0 Å². The van der Waals surface area contributed by atoms with E-state index in [1.54, 1.807) is 13.0 Å². The van der Waals surface area contributed by atoms with Crippen LogP contribution in [0.2, 0.25) is 0 Å². The summed E-state index contributed by atoms with van der Waals surface area (Å²) in [6.45, 7) is 1.70. The van der Waals surface area contributed by atoms with E-state index in [0.29, 0.717) is 11.3 Å². The van der Waals surface area contributed by atoms with Gasteiger partial charge >= 0.3 is 0 Å². The largest absolute Gasteiger partial charge is 0.469 e. The van der Waals surface area contributed by atoms with E-state index < -0.39 is 5.41 Å². The van der Waals surface area contributed by atoms with Crippen molar-refractivity contribution in [1.82, 2.24) is 10.9 Å². The Bertz CT molecular complexity index is 672. The molecule has 1 aromatic heterocycles. The van der Waals surface area contributed by atoms with Gasteiger partial charge in [-0.15, -0.1) is 0 Å². The van der Waals surface area contributed by atoms with Gasteiger partial charge in [0.2, 0.25) is 5.91 Å². The molecule has 3 rings (SSSR count). The monoisotopic (exact) mass is 284 g/mol. The molecule has 1 aliphatic carbocycles. The van der Waals surface area contributed by atoms with Crippen molar-refractivity contribution in [3.8, 4) is 0 Å². The summed E-state index contributed by atoms with van der Waals surface area (Å²) >= 11 is 0. The number of hydrogen-bond acceptors (Lipinski definition) is 3. The van der Waals surface area contributed by atoms with Gasteiger partial charge in [-0.3, -0.25) is 20.4 Å². The summed E-state index contributed by atoms with van der Waals surface area (Å²) in [7, 11) is 0. The van der Waals surface area contributed by atoms with E-state index in [1.165, 1.54) is 6.26 Å². The minimum atomic E-state index is -0.500. The molecule has 2 amide bonds. The average Bonchev–Trinajstić information content (AvgIpc) is 3.22. The van der Waals surface area contributed by atoms with Crippen molar-refractivity contribution in [2.24, 2.45) is 0 Å². The maximum Gasteiger partial charge on any atom is 0.273 e. The number of rotatable bonds is 3. The first-order chi connectivity index (χ1) is 10.1. The summed E-state index contributed by atoms with van der Waals surface area (Å²) in [5.74, 6) is -0.0346. The molecule has 1 saturated carbocycles. The molecule has 0 radical (unpaired) electrons. The highest BCUT2D eigenvalue weighted by Gasteiger charge is 2.51. The van der Waals surface area contributed by atoms with Crippen molar-refractivity contribution in [3.05, 3.63) is 59.5 Å². The molecule has 1 heterocycles. The van der Waals surface area contributed by atoms with Gasteiger partial charge in [-0.25, -0.2) is 0 Å². The lowest BCUT2D eigenvalue weighted by atomic mass is 9.95. The molecule has 0 aliphatic heterocycles. The zero-order valence-corrected chi connectivity index (χ0v) is 11.7. The van der Waals surface area contributed by atoms with Crippen LogP contribution in [0.3, 0.4) is 0 Å². The molecule has 0 atom stereocenters. The maximum atomic E-state index is 12.3. The normalized spacial score (nSPS) is 15.3. The molecular formula is C16H16N2O3. The molecular weight excluding hydrogens is 268 g/mol. The van der Waals surface area contributed by atoms with Crippen molar-refractivity contribution < 1.29 is 14.0 Å². The second-order valence-corrected chi connectivity index (χ2v) is 5.25. The van der Waals surface area contributed by atoms with Crippen LogP contribution in [0.5, 0.6) is 0 Å². The Balaban J connectivity index is 1.65. The van der Waals surface area contributed by atoms with Gasteiger partial charge in [-0.1, -0.05) is 30.3 Å². The lowest BCUT2D eigenvalue weighted by Crippen LogP contribution is -2.46. The molecule has 5 heteroatoms. The van der Waals surface area contributed by atoms with E-state index >= 15 is 0 Å². The lowest BCUT2D eigenvalue weighted by molar-refractivity contribution is -0.124. The first-order valence-corrected chi connectivity index (χ1v) is 6.84. The van der Waals surface area contributed by atoms with Crippen LogP contribution in [-0.4, -0.2) is 11.8 Å². The van der Waals surface area contributed by atoms with Crippen LogP contribution in [0.25, 0.3) is 0 Å². The van der Waals surface area contributed by atoms with E-state index in [-0.39, 0.29) is 11.8 Å². The number of aryl methyl sites for hydroxylation is 1. The van der Waals surface area contributed by atoms with Crippen LogP contribution in [-0.2, 0) is 10.2 Å². The Morgan fingerprint density at radius 1 is 1.10 bits per heavy atom. The van der Waals surface area contributed by atoms with Gasteiger partial charge in [0.15, 0.2) is 0 Å². The van der Waals surface area contributed by atoms with Gasteiger partial charge in [0.05, 0.1) is 17.2 Å². The molecule has 0 unspecified atom stereocenters. The summed E-state index contributed by atoms with van der Waals surface area (Å²) < 4.78 is 5.07. The maximum absolute atomic E-state index is 12.3. The second-order valence-electron chi connectivity index (χ2n) is 5.25. The van der Waals surface area contributed by atoms with Crippen LogP contribution in [0, 0.1) is 6.92 Å². The highest BCUT2D eigenvalue weighted by Crippen LogP contribution is 2.48. The first-order valence-electron chi connectivity index (χ1n) is 6.84. The Kier molecular flexibility index (Phi) is 3.25. The van der Waals surface area contributed by atoms with Gasteiger partial charge in [-0.05, 0) is 31.4 Å². The summed E-state index contributed by atoms with van der Waals surface area (Å²) in [6, 6.07) is 11.2. The fourth-order valence-electron chi connectivity index (χ4n) is 2.45. The smallest absolute Gasteiger partial charge is 0.273 e. The van der Waals surface area contributed by atoms with Crippen molar-refractivity contribution in [3.63, 3.8) is 0 Å². The molecule has 2 N–H and O–H groups in total. The van der Waals surface area contributed by atoms with E-state index in [0.717, 1.165) is 18.4 Å². The average molecular weight is 284 g/mol. The minimum Gasteiger partial charge on any atom is -0.469 e. The van der Waals surface area contributed by atoms with Crippen LogP contribution < -0.4 is 10.9 Å². The summed E-state index contributed by atoms with van der Waals surface area (Å²) in [6.07, 6.45) is 3.03. The van der Waals surface area contributed by atoms with Gasteiger partial charge < -0.3 is 4.42 Å². The fraction of sp³-hybridized carbons (Fsp3) is 0.250. The third-order valence-electron chi connectivity index (χ3n) is 3.90. The molecule has 108 valence electrons. The third kappa shape index (κ3) is 2.42. The Labute approximate surface area is 122 Å². The van der Waals surface area contributed by atoms with E-state index in [4.69, 9.17) is 4.42 Å². The number of carbonyl (C=O) groups is 2. The Morgan fingerprint density at radius 2 is 1.81 bits per heavy atom. The van der Waals surface area contributed by atoms with Gasteiger partial charge in [-0.2, -0.15) is 0 Å². The van der Waals surface area contributed by atoms with Crippen LogP contribution in [0.4, 0.5) is 0 Å². The van der Waals surface area contributed by atoms with Gasteiger partial charge in [0.1, 0.15) is 5.76 Å². The third-order valence-corrected chi connectivity index (χ3v) is 3.90. The number of hydrazine groups is 1. The predicted octanol–water partition coefficient (Wildman–Crippen LogP) is 2.08.